The SMILES string of the molecule is Cc1cc(F)c(C(=O)OC(C)CCN2CCCC2=O)cc1F. The van der Waals surface area contributed by atoms with Crippen molar-refractivity contribution >= 4 is 11.9 Å². The fraction of sp³-hybridized carbons (Fsp3) is 0.500. The minimum absolute atomic E-state index is 0.102. The van der Waals surface area contributed by atoms with Gasteiger partial charge in [-0.05, 0) is 38.0 Å². The van der Waals surface area contributed by atoms with Crippen LogP contribution in [0.5, 0.6) is 0 Å². The summed E-state index contributed by atoms with van der Waals surface area (Å²) in [6.45, 7) is 4.30. The monoisotopic (exact) mass is 311 g/mol. The fourth-order valence-corrected chi connectivity index (χ4v) is 2.39. The minimum Gasteiger partial charge on any atom is -0.459 e. The number of likely N-dealkylation sites (tertiary alicyclic amines) is 1. The molecule has 1 unspecified atom stereocenters. The first-order valence-corrected chi connectivity index (χ1v) is 7.33. The lowest BCUT2D eigenvalue weighted by atomic mass is 10.1. The molecule has 22 heavy (non-hydrogen) atoms. The molecule has 0 bridgehead atoms. The summed E-state index contributed by atoms with van der Waals surface area (Å²) in [6, 6.07) is 1.82. The van der Waals surface area contributed by atoms with Crippen LogP contribution in [0.2, 0.25) is 0 Å². The predicted octanol–water partition coefficient (Wildman–Crippen LogP) is 2.83. The third-order valence-electron chi connectivity index (χ3n) is 3.75. The van der Waals surface area contributed by atoms with Gasteiger partial charge >= 0.3 is 5.97 Å². The fourth-order valence-electron chi connectivity index (χ4n) is 2.39. The summed E-state index contributed by atoms with van der Waals surface area (Å²) in [4.78, 5) is 25.1. The average Bonchev–Trinajstić information content (AvgIpc) is 2.86. The topological polar surface area (TPSA) is 46.6 Å². The van der Waals surface area contributed by atoms with Crippen LogP contribution in [0.3, 0.4) is 0 Å². The Hall–Kier alpha value is -1.98. The molecule has 1 atom stereocenters. The number of nitrogens with zero attached hydrogens (tertiary/aromatic N) is 1. The smallest absolute Gasteiger partial charge is 0.341 e. The van der Waals surface area contributed by atoms with E-state index in [0.717, 1.165) is 25.1 Å². The molecule has 1 fully saturated rings. The van der Waals surface area contributed by atoms with Gasteiger partial charge in [0.2, 0.25) is 5.91 Å². The van der Waals surface area contributed by atoms with Gasteiger partial charge in [0.25, 0.3) is 0 Å². The molecule has 1 saturated heterocycles. The van der Waals surface area contributed by atoms with Gasteiger partial charge in [-0.3, -0.25) is 4.79 Å². The maximum Gasteiger partial charge on any atom is 0.341 e. The number of ether oxygens (including phenoxy) is 1. The molecule has 0 saturated carbocycles. The zero-order valence-electron chi connectivity index (χ0n) is 12.7. The van der Waals surface area contributed by atoms with Gasteiger partial charge in [-0.25, -0.2) is 13.6 Å². The van der Waals surface area contributed by atoms with Crippen LogP contribution >= 0.6 is 0 Å². The largest absolute Gasteiger partial charge is 0.459 e. The quantitative estimate of drug-likeness (QED) is 0.786. The highest BCUT2D eigenvalue weighted by Gasteiger charge is 2.22. The normalized spacial score (nSPS) is 16.0. The highest BCUT2D eigenvalue weighted by Crippen LogP contribution is 2.17. The van der Waals surface area contributed by atoms with Gasteiger partial charge in [0.15, 0.2) is 0 Å². The molecule has 1 aliphatic rings. The van der Waals surface area contributed by atoms with Crippen molar-refractivity contribution in [2.75, 3.05) is 13.1 Å². The molecule has 1 heterocycles. The number of amides is 1. The summed E-state index contributed by atoms with van der Waals surface area (Å²) in [5, 5.41) is 0. The van der Waals surface area contributed by atoms with Crippen molar-refractivity contribution in [3.63, 3.8) is 0 Å². The third-order valence-corrected chi connectivity index (χ3v) is 3.75. The molecule has 6 heteroatoms. The first kappa shape index (κ1) is 16.4. The van der Waals surface area contributed by atoms with Crippen molar-refractivity contribution in [1.82, 2.24) is 4.90 Å². The zero-order chi connectivity index (χ0) is 16.3. The Bertz CT molecular complexity index is 589. The molecule has 1 aliphatic heterocycles. The third kappa shape index (κ3) is 3.81. The summed E-state index contributed by atoms with van der Waals surface area (Å²) in [7, 11) is 0. The first-order valence-electron chi connectivity index (χ1n) is 7.33. The number of carbonyl (C=O) groups excluding carboxylic acids is 2. The number of carbonyl (C=O) groups is 2. The highest BCUT2D eigenvalue weighted by molar-refractivity contribution is 5.90. The van der Waals surface area contributed by atoms with E-state index >= 15 is 0 Å². The predicted molar refractivity (Wildman–Crippen MR) is 76.4 cm³/mol. The highest BCUT2D eigenvalue weighted by atomic mass is 19.1. The molecule has 2 rings (SSSR count). The van der Waals surface area contributed by atoms with E-state index in [-0.39, 0.29) is 11.5 Å². The number of hydrogen-bond donors (Lipinski definition) is 0. The van der Waals surface area contributed by atoms with E-state index in [1.165, 1.54) is 6.92 Å². The van der Waals surface area contributed by atoms with E-state index in [0.29, 0.717) is 19.4 Å². The molecule has 4 nitrogen and oxygen atoms in total. The number of aryl methyl sites for hydroxylation is 1. The molecule has 1 amide bonds. The van der Waals surface area contributed by atoms with Gasteiger partial charge in [0.1, 0.15) is 17.7 Å². The number of esters is 1. The Morgan fingerprint density at radius 2 is 2.09 bits per heavy atom. The maximum absolute atomic E-state index is 13.7. The van der Waals surface area contributed by atoms with Crippen molar-refractivity contribution in [3.8, 4) is 0 Å². The lowest BCUT2D eigenvalue weighted by Crippen LogP contribution is -2.29. The second-order valence-electron chi connectivity index (χ2n) is 5.57. The first-order chi connectivity index (χ1) is 10.4. The molecule has 0 radical (unpaired) electrons. The average molecular weight is 311 g/mol. The molecule has 120 valence electrons. The lowest BCUT2D eigenvalue weighted by molar-refractivity contribution is -0.127. The summed E-state index contributed by atoms with van der Waals surface area (Å²) in [5.74, 6) is -2.24. The molecule has 0 aliphatic carbocycles. The van der Waals surface area contributed by atoms with Gasteiger partial charge in [0, 0.05) is 25.9 Å². The summed E-state index contributed by atoms with van der Waals surface area (Å²) < 4.78 is 32.3. The second kappa shape index (κ2) is 6.85. The van der Waals surface area contributed by atoms with Crippen molar-refractivity contribution in [2.24, 2.45) is 0 Å². The molecule has 0 aromatic heterocycles. The Morgan fingerprint density at radius 1 is 1.36 bits per heavy atom. The van der Waals surface area contributed by atoms with Crippen molar-refractivity contribution in [3.05, 3.63) is 34.9 Å². The number of benzene rings is 1. The summed E-state index contributed by atoms with van der Waals surface area (Å²) in [6.07, 6.45) is 1.39. The Morgan fingerprint density at radius 3 is 2.73 bits per heavy atom. The van der Waals surface area contributed by atoms with Crippen LogP contribution in [0.25, 0.3) is 0 Å². The molecular weight excluding hydrogens is 292 g/mol. The second-order valence-corrected chi connectivity index (χ2v) is 5.57. The Kier molecular flexibility index (Phi) is 5.11. The van der Waals surface area contributed by atoms with Crippen LogP contribution in [-0.2, 0) is 9.53 Å². The van der Waals surface area contributed by atoms with E-state index in [4.69, 9.17) is 4.74 Å². The molecule has 1 aromatic carbocycles. The van der Waals surface area contributed by atoms with Crippen molar-refractivity contribution < 1.29 is 23.1 Å². The number of hydrogen-bond acceptors (Lipinski definition) is 3. The van der Waals surface area contributed by atoms with E-state index in [9.17, 15) is 18.4 Å². The van der Waals surface area contributed by atoms with Gasteiger partial charge in [-0.1, -0.05) is 0 Å². The van der Waals surface area contributed by atoms with E-state index in [2.05, 4.69) is 0 Å². The van der Waals surface area contributed by atoms with Crippen LogP contribution in [0.4, 0.5) is 8.78 Å². The summed E-state index contributed by atoms with van der Waals surface area (Å²) in [5.41, 5.74) is -0.276. The van der Waals surface area contributed by atoms with Crippen LogP contribution in [0.15, 0.2) is 12.1 Å². The summed E-state index contributed by atoms with van der Waals surface area (Å²) >= 11 is 0. The lowest BCUT2D eigenvalue weighted by Gasteiger charge is -2.19. The van der Waals surface area contributed by atoms with Crippen molar-refractivity contribution in [1.29, 1.82) is 0 Å². The van der Waals surface area contributed by atoms with Gasteiger partial charge in [0.05, 0.1) is 5.56 Å². The standard InChI is InChI=1S/C16H19F2NO3/c1-10-8-14(18)12(9-13(10)17)16(21)22-11(2)5-7-19-6-3-4-15(19)20/h8-9,11H,3-7H2,1-2H3. The molecular formula is C16H19F2NO3. The maximum atomic E-state index is 13.7. The minimum atomic E-state index is -0.892. The van der Waals surface area contributed by atoms with Gasteiger partial charge in [-0.2, -0.15) is 0 Å². The number of halogens is 2. The molecule has 0 N–H and O–H groups in total. The van der Waals surface area contributed by atoms with Crippen LogP contribution in [0.1, 0.15) is 42.1 Å². The van der Waals surface area contributed by atoms with Crippen LogP contribution < -0.4 is 0 Å². The Labute approximate surface area is 128 Å². The van der Waals surface area contributed by atoms with Gasteiger partial charge in [-0.15, -0.1) is 0 Å². The van der Waals surface area contributed by atoms with E-state index in [1.807, 2.05) is 0 Å². The molecule has 1 aromatic rings. The van der Waals surface area contributed by atoms with Gasteiger partial charge < -0.3 is 9.64 Å². The van der Waals surface area contributed by atoms with Crippen LogP contribution in [-0.4, -0.2) is 36.0 Å². The zero-order valence-corrected chi connectivity index (χ0v) is 12.7. The van der Waals surface area contributed by atoms with Crippen molar-refractivity contribution in [2.45, 2.75) is 39.2 Å². The van der Waals surface area contributed by atoms with E-state index < -0.39 is 29.3 Å². The van der Waals surface area contributed by atoms with Crippen LogP contribution in [0, 0.1) is 18.6 Å². The molecule has 0 spiro atoms. The number of rotatable bonds is 5. The Balaban J connectivity index is 1.91. The van der Waals surface area contributed by atoms with E-state index in [1.54, 1.807) is 11.8 Å².